The molecule has 8 heteroatoms. The number of Topliss-reactive ketones (excluding diaryl/α,β-unsaturated/α-hetero) is 1. The lowest BCUT2D eigenvalue weighted by Gasteiger charge is -2.24. The van der Waals surface area contributed by atoms with E-state index in [1.165, 1.54) is 5.57 Å². The molecule has 1 unspecified atom stereocenters. The fourth-order valence-corrected chi connectivity index (χ4v) is 5.72. The van der Waals surface area contributed by atoms with Gasteiger partial charge in [-0.1, -0.05) is 17.7 Å². The lowest BCUT2D eigenvalue weighted by molar-refractivity contribution is -0.123. The molecule has 1 aliphatic carbocycles. The Morgan fingerprint density at radius 2 is 2.03 bits per heavy atom. The van der Waals surface area contributed by atoms with Gasteiger partial charge in [-0.05, 0) is 68.7 Å². The first-order valence-electron chi connectivity index (χ1n) is 13.1. The molecule has 3 aromatic rings. The highest BCUT2D eigenvalue weighted by atomic mass is 35.5. The Hall–Kier alpha value is -3.03. The number of ketones is 1. The maximum Gasteiger partial charge on any atom is 0.144 e. The highest BCUT2D eigenvalue weighted by Crippen LogP contribution is 2.39. The fraction of sp³-hybridized carbons (Fsp3) is 0.448. The van der Waals surface area contributed by atoms with Crippen molar-refractivity contribution in [1.29, 1.82) is 0 Å². The summed E-state index contributed by atoms with van der Waals surface area (Å²) >= 11 is 6.28. The molecule has 1 aromatic carbocycles. The maximum absolute atomic E-state index is 12.6. The number of halogens is 1. The molecule has 0 bridgehead atoms. The number of aromatic amines is 1. The summed E-state index contributed by atoms with van der Waals surface area (Å²) in [7, 11) is 3.21. The molecule has 0 spiro atoms. The van der Waals surface area contributed by atoms with Crippen LogP contribution in [0.5, 0.6) is 11.5 Å². The topological polar surface area (TPSA) is 88.3 Å². The first kappa shape index (κ1) is 25.6. The van der Waals surface area contributed by atoms with Crippen LogP contribution in [0.2, 0.25) is 5.02 Å². The molecule has 1 aliphatic heterocycles. The van der Waals surface area contributed by atoms with E-state index in [4.69, 9.17) is 21.1 Å². The number of allylic oxidation sites excluding steroid dienone is 2. The van der Waals surface area contributed by atoms with Gasteiger partial charge in [0.1, 0.15) is 22.9 Å². The van der Waals surface area contributed by atoms with Crippen LogP contribution in [0.15, 0.2) is 36.5 Å². The number of aromatic nitrogens is 2. The minimum atomic E-state index is 0.221. The van der Waals surface area contributed by atoms with Gasteiger partial charge in [-0.3, -0.25) is 4.79 Å². The van der Waals surface area contributed by atoms with Crippen LogP contribution in [-0.2, 0) is 4.79 Å². The van der Waals surface area contributed by atoms with Crippen LogP contribution in [0.4, 0.5) is 11.4 Å². The van der Waals surface area contributed by atoms with Crippen molar-refractivity contribution in [2.45, 2.75) is 44.9 Å². The average molecular weight is 523 g/mol. The molecule has 3 heterocycles. The van der Waals surface area contributed by atoms with Gasteiger partial charge >= 0.3 is 0 Å². The number of methoxy groups -OCH3 is 2. The van der Waals surface area contributed by atoms with Gasteiger partial charge in [-0.25, -0.2) is 4.98 Å². The summed E-state index contributed by atoms with van der Waals surface area (Å²) in [4.78, 5) is 20.6. The molecule has 1 saturated heterocycles. The van der Waals surface area contributed by atoms with Gasteiger partial charge in [0.15, 0.2) is 0 Å². The largest absolute Gasteiger partial charge is 0.495 e. The minimum absolute atomic E-state index is 0.221. The third-order valence-corrected chi connectivity index (χ3v) is 7.99. The molecule has 0 radical (unpaired) electrons. The SMILES string of the molecule is COc1cc(Nc2ccnc3[nH]c(C4=CCC(CCC(=O)[C@H]5CCCNC5)CC4)cc23)c(OC)cc1Cl. The van der Waals surface area contributed by atoms with Crippen LogP contribution in [0.1, 0.15) is 50.6 Å². The molecule has 2 aliphatic rings. The summed E-state index contributed by atoms with van der Waals surface area (Å²) < 4.78 is 10.9. The number of H-pyrrole nitrogens is 1. The Labute approximate surface area is 223 Å². The number of hydrogen-bond acceptors (Lipinski definition) is 6. The molecular formula is C29H35ClN4O3. The van der Waals surface area contributed by atoms with Crippen molar-refractivity contribution in [2.75, 3.05) is 32.6 Å². The Morgan fingerprint density at radius 1 is 1.16 bits per heavy atom. The van der Waals surface area contributed by atoms with Gasteiger partial charge in [0, 0.05) is 48.3 Å². The van der Waals surface area contributed by atoms with Crippen LogP contribution >= 0.6 is 11.6 Å². The number of nitrogens with one attached hydrogen (secondary N) is 3. The van der Waals surface area contributed by atoms with E-state index in [1.54, 1.807) is 26.5 Å². The first-order valence-corrected chi connectivity index (χ1v) is 13.5. The zero-order valence-corrected chi connectivity index (χ0v) is 22.3. The number of fused-ring (bicyclic) bond motifs is 1. The van der Waals surface area contributed by atoms with Crippen LogP contribution in [0, 0.1) is 11.8 Å². The van der Waals surface area contributed by atoms with Crippen molar-refractivity contribution in [2.24, 2.45) is 11.8 Å². The number of carbonyl (C=O) groups is 1. The number of benzene rings is 1. The predicted molar refractivity (Wildman–Crippen MR) is 149 cm³/mol. The van der Waals surface area contributed by atoms with Crippen molar-refractivity contribution in [3.63, 3.8) is 0 Å². The van der Waals surface area contributed by atoms with Gasteiger partial charge in [-0.2, -0.15) is 0 Å². The minimum Gasteiger partial charge on any atom is -0.495 e. The van der Waals surface area contributed by atoms with Crippen LogP contribution < -0.4 is 20.1 Å². The first-order chi connectivity index (χ1) is 18.1. The number of piperidine rings is 1. The second kappa shape index (κ2) is 11.6. The molecule has 3 N–H and O–H groups in total. The number of anilines is 2. The van der Waals surface area contributed by atoms with Crippen LogP contribution in [0.25, 0.3) is 16.6 Å². The van der Waals surface area contributed by atoms with Gasteiger partial charge < -0.3 is 25.1 Å². The fourth-order valence-electron chi connectivity index (χ4n) is 5.48. The number of carbonyl (C=O) groups excluding carboxylic acids is 1. The second-order valence-corrected chi connectivity index (χ2v) is 10.4. The number of ether oxygens (including phenoxy) is 2. The Kier molecular flexibility index (Phi) is 8.01. The van der Waals surface area contributed by atoms with E-state index in [9.17, 15) is 4.79 Å². The van der Waals surface area contributed by atoms with E-state index in [0.29, 0.717) is 34.6 Å². The summed E-state index contributed by atoms with van der Waals surface area (Å²) in [6.45, 7) is 1.90. The van der Waals surface area contributed by atoms with E-state index in [1.807, 2.05) is 12.1 Å². The smallest absolute Gasteiger partial charge is 0.144 e. The van der Waals surface area contributed by atoms with Crippen molar-refractivity contribution in [3.05, 3.63) is 47.3 Å². The van der Waals surface area contributed by atoms with Gasteiger partial charge in [0.25, 0.3) is 0 Å². The van der Waals surface area contributed by atoms with Crippen molar-refractivity contribution < 1.29 is 14.3 Å². The van der Waals surface area contributed by atoms with Gasteiger partial charge in [0.2, 0.25) is 0 Å². The van der Waals surface area contributed by atoms with E-state index >= 15 is 0 Å². The average Bonchev–Trinajstić information content (AvgIpc) is 3.38. The third kappa shape index (κ3) is 5.78. The lowest BCUT2D eigenvalue weighted by Crippen LogP contribution is -2.34. The quantitative estimate of drug-likeness (QED) is 0.297. The summed E-state index contributed by atoms with van der Waals surface area (Å²) in [5, 5.41) is 8.32. The van der Waals surface area contributed by atoms with E-state index in [2.05, 4.69) is 32.7 Å². The van der Waals surface area contributed by atoms with Crippen molar-refractivity contribution in [3.8, 4) is 11.5 Å². The lowest BCUT2D eigenvalue weighted by atomic mass is 9.83. The van der Waals surface area contributed by atoms with E-state index in [0.717, 1.165) is 79.7 Å². The normalized spacial score (nSPS) is 19.9. The molecule has 7 nitrogen and oxygen atoms in total. The number of nitrogens with zero attached hydrogens (tertiary/aromatic N) is 1. The zero-order valence-electron chi connectivity index (χ0n) is 21.5. The number of pyridine rings is 1. The molecule has 2 aromatic heterocycles. The highest BCUT2D eigenvalue weighted by molar-refractivity contribution is 6.32. The molecule has 5 rings (SSSR count). The second-order valence-electron chi connectivity index (χ2n) is 10.0. The summed E-state index contributed by atoms with van der Waals surface area (Å²) in [6.07, 6.45) is 11.1. The molecule has 1 fully saturated rings. The molecule has 0 saturated carbocycles. The van der Waals surface area contributed by atoms with E-state index in [-0.39, 0.29) is 5.92 Å². The molecule has 0 amide bonds. The van der Waals surface area contributed by atoms with Crippen molar-refractivity contribution >= 4 is 45.4 Å². The van der Waals surface area contributed by atoms with Crippen LogP contribution in [0.3, 0.4) is 0 Å². The van der Waals surface area contributed by atoms with Gasteiger partial charge in [-0.15, -0.1) is 0 Å². The maximum atomic E-state index is 12.6. The standard InChI is InChI=1S/C29H35ClN4O3/c1-36-27-16-25(28(37-2)15-22(27)30)33-23-11-13-32-29-21(23)14-24(34-29)19-8-5-18(6-9-19)7-10-26(35)20-4-3-12-31-17-20/h8,11,13-16,18,20,31H,3-7,9-10,12,17H2,1-2H3,(H2,32,33,34)/t18?,20-/m0/s1. The van der Waals surface area contributed by atoms with Gasteiger partial charge in [0.05, 0.1) is 30.6 Å². The van der Waals surface area contributed by atoms with Crippen LogP contribution in [-0.4, -0.2) is 43.1 Å². The molecular weight excluding hydrogens is 488 g/mol. The summed E-state index contributed by atoms with van der Waals surface area (Å²) in [5.41, 5.74) is 4.92. The Morgan fingerprint density at radius 3 is 2.76 bits per heavy atom. The summed E-state index contributed by atoms with van der Waals surface area (Å²) in [5.74, 6) is 2.45. The highest BCUT2D eigenvalue weighted by Gasteiger charge is 2.23. The van der Waals surface area contributed by atoms with E-state index < -0.39 is 0 Å². The number of rotatable bonds is 9. The predicted octanol–water partition coefficient (Wildman–Crippen LogP) is 6.51. The molecule has 37 heavy (non-hydrogen) atoms. The number of hydrogen-bond donors (Lipinski definition) is 3. The zero-order chi connectivity index (χ0) is 25.8. The Balaban J connectivity index is 1.28. The van der Waals surface area contributed by atoms with Crippen molar-refractivity contribution in [1.82, 2.24) is 15.3 Å². The molecule has 2 atom stereocenters. The molecule has 196 valence electrons. The summed E-state index contributed by atoms with van der Waals surface area (Å²) in [6, 6.07) is 7.69. The third-order valence-electron chi connectivity index (χ3n) is 7.69. The monoisotopic (exact) mass is 522 g/mol. The Bertz CT molecular complexity index is 1300.